The second kappa shape index (κ2) is 8.28. The van der Waals surface area contributed by atoms with Crippen molar-refractivity contribution in [2.75, 3.05) is 38.0 Å². The molecule has 3 fully saturated rings. The van der Waals surface area contributed by atoms with E-state index in [4.69, 9.17) is 5.10 Å². The van der Waals surface area contributed by atoms with E-state index in [2.05, 4.69) is 21.2 Å². The number of piperazine rings is 1. The molecular formula is C23H31N5O. The molecule has 5 rings (SSSR count). The van der Waals surface area contributed by atoms with Gasteiger partial charge in [0.15, 0.2) is 0 Å². The maximum Gasteiger partial charge on any atom is 0.239 e. The summed E-state index contributed by atoms with van der Waals surface area (Å²) in [5, 5.41) is 7.91. The number of hydrogen-bond donors (Lipinski definition) is 1. The fourth-order valence-corrected chi connectivity index (χ4v) is 4.77. The minimum Gasteiger partial charge on any atom is -0.309 e. The van der Waals surface area contributed by atoms with Crippen molar-refractivity contribution >= 4 is 11.7 Å². The molecular weight excluding hydrogens is 362 g/mol. The first kappa shape index (κ1) is 18.8. The SMILES string of the molecule is O=C(CN1CCN(C2CCCC2)CC1)Nc1cc(C2CC2)nn1-c1ccccc1. The highest BCUT2D eigenvalue weighted by Crippen LogP contribution is 2.40. The average Bonchev–Trinajstić information content (AvgIpc) is 3.28. The van der Waals surface area contributed by atoms with E-state index in [1.54, 1.807) is 0 Å². The van der Waals surface area contributed by atoms with Gasteiger partial charge in [0.1, 0.15) is 5.82 Å². The summed E-state index contributed by atoms with van der Waals surface area (Å²) in [5.74, 6) is 1.39. The Hall–Kier alpha value is -2.18. The lowest BCUT2D eigenvalue weighted by molar-refractivity contribution is -0.117. The minimum absolute atomic E-state index is 0.0544. The second-order valence-electron chi connectivity index (χ2n) is 8.77. The Bertz CT molecular complexity index is 830. The topological polar surface area (TPSA) is 53.4 Å². The largest absolute Gasteiger partial charge is 0.309 e. The van der Waals surface area contributed by atoms with Gasteiger partial charge in [-0.15, -0.1) is 0 Å². The first-order valence-corrected chi connectivity index (χ1v) is 11.2. The monoisotopic (exact) mass is 393 g/mol. The number of carbonyl (C=O) groups excluding carboxylic acids is 1. The van der Waals surface area contributed by atoms with Crippen molar-refractivity contribution < 1.29 is 4.79 Å². The van der Waals surface area contributed by atoms with Crippen LogP contribution in [0.15, 0.2) is 36.4 Å². The van der Waals surface area contributed by atoms with Gasteiger partial charge >= 0.3 is 0 Å². The summed E-state index contributed by atoms with van der Waals surface area (Å²) in [4.78, 5) is 17.7. The molecule has 0 radical (unpaired) electrons. The van der Waals surface area contributed by atoms with Crippen LogP contribution in [0.5, 0.6) is 0 Å². The third-order valence-corrected chi connectivity index (χ3v) is 6.61. The number of amides is 1. The van der Waals surface area contributed by atoms with Crippen molar-refractivity contribution in [3.8, 4) is 5.69 Å². The number of hydrogen-bond acceptors (Lipinski definition) is 4. The van der Waals surface area contributed by atoms with E-state index in [0.717, 1.165) is 49.4 Å². The van der Waals surface area contributed by atoms with Crippen LogP contribution in [0, 0.1) is 0 Å². The maximum absolute atomic E-state index is 12.8. The third-order valence-electron chi connectivity index (χ3n) is 6.61. The number of nitrogens with one attached hydrogen (secondary N) is 1. The number of benzene rings is 1. The van der Waals surface area contributed by atoms with Gasteiger partial charge in [0.2, 0.25) is 5.91 Å². The minimum atomic E-state index is 0.0544. The molecule has 154 valence electrons. The first-order chi connectivity index (χ1) is 14.3. The highest BCUT2D eigenvalue weighted by atomic mass is 16.2. The molecule has 1 aromatic heterocycles. The highest BCUT2D eigenvalue weighted by Gasteiger charge is 2.29. The van der Waals surface area contributed by atoms with E-state index >= 15 is 0 Å². The molecule has 1 amide bonds. The van der Waals surface area contributed by atoms with Gasteiger partial charge in [-0.3, -0.25) is 14.6 Å². The highest BCUT2D eigenvalue weighted by molar-refractivity contribution is 5.91. The van der Waals surface area contributed by atoms with Gasteiger partial charge in [-0.25, -0.2) is 4.68 Å². The van der Waals surface area contributed by atoms with Crippen molar-refractivity contribution in [1.82, 2.24) is 19.6 Å². The molecule has 1 saturated heterocycles. The molecule has 6 nitrogen and oxygen atoms in total. The van der Waals surface area contributed by atoms with Crippen LogP contribution in [0.4, 0.5) is 5.82 Å². The van der Waals surface area contributed by atoms with Gasteiger partial charge in [0, 0.05) is 44.2 Å². The van der Waals surface area contributed by atoms with Gasteiger partial charge in [-0.2, -0.15) is 5.10 Å². The van der Waals surface area contributed by atoms with Crippen LogP contribution in [-0.2, 0) is 4.79 Å². The van der Waals surface area contributed by atoms with Gasteiger partial charge in [-0.05, 0) is 37.8 Å². The van der Waals surface area contributed by atoms with Crippen molar-refractivity contribution in [3.05, 3.63) is 42.1 Å². The van der Waals surface area contributed by atoms with Crippen LogP contribution < -0.4 is 5.32 Å². The molecule has 3 aliphatic rings. The zero-order chi connectivity index (χ0) is 19.6. The summed E-state index contributed by atoms with van der Waals surface area (Å²) >= 11 is 0. The molecule has 2 saturated carbocycles. The van der Waals surface area contributed by atoms with E-state index in [9.17, 15) is 4.79 Å². The maximum atomic E-state index is 12.8. The molecule has 6 heteroatoms. The van der Waals surface area contributed by atoms with Crippen molar-refractivity contribution in [2.45, 2.75) is 50.5 Å². The second-order valence-corrected chi connectivity index (χ2v) is 8.77. The van der Waals surface area contributed by atoms with E-state index in [-0.39, 0.29) is 5.91 Å². The van der Waals surface area contributed by atoms with E-state index in [0.29, 0.717) is 12.5 Å². The lowest BCUT2D eigenvalue weighted by Gasteiger charge is -2.37. The lowest BCUT2D eigenvalue weighted by atomic mass is 10.2. The Kier molecular flexibility index (Phi) is 5.38. The van der Waals surface area contributed by atoms with Crippen LogP contribution in [0.3, 0.4) is 0 Å². The van der Waals surface area contributed by atoms with Gasteiger partial charge in [0.25, 0.3) is 0 Å². The van der Waals surface area contributed by atoms with E-state index < -0.39 is 0 Å². The molecule has 2 aliphatic carbocycles. The summed E-state index contributed by atoms with van der Waals surface area (Å²) in [6.07, 6.45) is 7.87. The van der Waals surface area contributed by atoms with Crippen LogP contribution in [-0.4, -0.2) is 64.3 Å². The standard InChI is InChI=1S/C23H31N5O/c29-23(17-26-12-14-27(15-13-26)19-6-4-5-7-19)24-22-16-21(18-10-11-18)25-28(22)20-8-2-1-3-9-20/h1-3,8-9,16,18-19H,4-7,10-15,17H2,(H,24,29). The molecule has 0 bridgehead atoms. The molecule has 1 aromatic carbocycles. The summed E-state index contributed by atoms with van der Waals surface area (Å²) < 4.78 is 1.88. The Morgan fingerprint density at radius 1 is 1.00 bits per heavy atom. The number of anilines is 1. The Morgan fingerprint density at radius 2 is 1.72 bits per heavy atom. The Labute approximate surface area is 172 Å². The van der Waals surface area contributed by atoms with Crippen LogP contribution >= 0.6 is 0 Å². The summed E-state index contributed by atoms with van der Waals surface area (Å²) in [5.41, 5.74) is 2.08. The van der Waals surface area contributed by atoms with Gasteiger partial charge < -0.3 is 5.32 Å². The number of carbonyl (C=O) groups is 1. The number of para-hydroxylation sites is 1. The summed E-state index contributed by atoms with van der Waals surface area (Å²) in [7, 11) is 0. The van der Waals surface area contributed by atoms with Crippen molar-refractivity contribution in [2.24, 2.45) is 0 Å². The smallest absolute Gasteiger partial charge is 0.239 e. The summed E-state index contributed by atoms with van der Waals surface area (Å²) in [6, 6.07) is 12.9. The number of aromatic nitrogens is 2. The van der Waals surface area contributed by atoms with Crippen LogP contribution in [0.1, 0.15) is 50.1 Å². The zero-order valence-electron chi connectivity index (χ0n) is 17.1. The average molecular weight is 394 g/mol. The molecule has 0 atom stereocenters. The fourth-order valence-electron chi connectivity index (χ4n) is 4.77. The predicted octanol–water partition coefficient (Wildman–Crippen LogP) is 3.25. The van der Waals surface area contributed by atoms with E-state index in [1.165, 1.54) is 38.5 Å². The van der Waals surface area contributed by atoms with Crippen LogP contribution in [0.2, 0.25) is 0 Å². The summed E-state index contributed by atoms with van der Waals surface area (Å²) in [6.45, 7) is 4.60. The number of nitrogens with zero attached hydrogens (tertiary/aromatic N) is 4. The van der Waals surface area contributed by atoms with E-state index in [1.807, 2.05) is 35.0 Å². The van der Waals surface area contributed by atoms with Crippen LogP contribution in [0.25, 0.3) is 5.69 Å². The number of rotatable bonds is 6. The molecule has 1 N–H and O–H groups in total. The van der Waals surface area contributed by atoms with Gasteiger partial charge in [-0.1, -0.05) is 31.0 Å². The fraction of sp³-hybridized carbons (Fsp3) is 0.565. The molecule has 0 spiro atoms. The molecule has 2 aromatic rings. The first-order valence-electron chi connectivity index (χ1n) is 11.2. The molecule has 1 aliphatic heterocycles. The van der Waals surface area contributed by atoms with Crippen molar-refractivity contribution in [1.29, 1.82) is 0 Å². The van der Waals surface area contributed by atoms with Crippen molar-refractivity contribution in [3.63, 3.8) is 0 Å². The molecule has 29 heavy (non-hydrogen) atoms. The Balaban J connectivity index is 1.21. The Morgan fingerprint density at radius 3 is 2.41 bits per heavy atom. The zero-order valence-corrected chi connectivity index (χ0v) is 17.1. The lowest BCUT2D eigenvalue weighted by Crippen LogP contribution is -2.51. The normalized spacial score (nSPS) is 21.5. The molecule has 2 heterocycles. The van der Waals surface area contributed by atoms with Gasteiger partial charge in [0.05, 0.1) is 17.9 Å². The molecule has 0 unspecified atom stereocenters. The predicted molar refractivity (Wildman–Crippen MR) is 114 cm³/mol. The quantitative estimate of drug-likeness (QED) is 0.819. The third kappa shape index (κ3) is 4.38.